The zero-order valence-corrected chi connectivity index (χ0v) is 13.6. The number of carbonyl (C=O) groups excluding carboxylic acids is 1. The van der Waals surface area contributed by atoms with Gasteiger partial charge < -0.3 is 4.74 Å². The van der Waals surface area contributed by atoms with Crippen molar-refractivity contribution < 1.29 is 9.53 Å². The Morgan fingerprint density at radius 3 is 2.50 bits per heavy atom. The third-order valence-electron chi connectivity index (χ3n) is 3.74. The Kier molecular flexibility index (Phi) is 5.75. The van der Waals surface area contributed by atoms with E-state index in [1.165, 1.54) is 19.3 Å². The van der Waals surface area contributed by atoms with Crippen molar-refractivity contribution in [2.75, 3.05) is 13.7 Å². The molecule has 0 unspecified atom stereocenters. The highest BCUT2D eigenvalue weighted by Gasteiger charge is 2.23. The molecule has 0 fully saturated rings. The van der Waals surface area contributed by atoms with Gasteiger partial charge in [0.05, 0.1) is 6.61 Å². The van der Waals surface area contributed by atoms with Gasteiger partial charge in [0.1, 0.15) is 17.3 Å². The number of hydrogen-bond acceptors (Lipinski definition) is 3. The number of likely N-dealkylation sites (N-methyl/N-ethyl adjacent to an activating group) is 1. The molecule has 118 valence electrons. The van der Waals surface area contributed by atoms with Crippen LogP contribution in [0.1, 0.15) is 45.1 Å². The van der Waals surface area contributed by atoms with Crippen LogP contribution in [0.15, 0.2) is 35.0 Å². The summed E-state index contributed by atoms with van der Waals surface area (Å²) in [6, 6.07) is 7.77. The highest BCUT2D eigenvalue weighted by molar-refractivity contribution is 6.13. The molecule has 1 aromatic rings. The molecule has 0 N–H and O–H groups in total. The fourth-order valence-electron chi connectivity index (χ4n) is 2.25. The first-order valence-corrected chi connectivity index (χ1v) is 7.89. The molecule has 0 aromatic heterocycles. The molecule has 1 aromatic carbocycles. The van der Waals surface area contributed by atoms with Crippen LogP contribution in [-0.4, -0.2) is 30.3 Å². The van der Waals surface area contributed by atoms with E-state index in [4.69, 9.17) is 4.74 Å². The van der Waals surface area contributed by atoms with Crippen molar-refractivity contribution >= 4 is 17.8 Å². The molecule has 4 heteroatoms. The van der Waals surface area contributed by atoms with Gasteiger partial charge in [-0.2, -0.15) is 0 Å². The van der Waals surface area contributed by atoms with Gasteiger partial charge in [-0.05, 0) is 37.1 Å². The quantitative estimate of drug-likeness (QED) is 0.566. The number of aliphatic imine (C=N–C) groups is 1. The maximum atomic E-state index is 11.9. The number of carbonyl (C=O) groups is 1. The Bertz CT molecular complexity index is 573. The molecule has 0 bridgehead atoms. The first-order valence-electron chi connectivity index (χ1n) is 7.89. The molecule has 22 heavy (non-hydrogen) atoms. The summed E-state index contributed by atoms with van der Waals surface area (Å²) < 4.78 is 5.71. The largest absolute Gasteiger partial charge is 0.494 e. The van der Waals surface area contributed by atoms with E-state index in [0.29, 0.717) is 5.70 Å². The maximum Gasteiger partial charge on any atom is 0.277 e. The van der Waals surface area contributed by atoms with Crippen LogP contribution in [-0.2, 0) is 4.79 Å². The standard InChI is InChI=1S/C18H24N2O2/c1-4-5-6-7-12-22-16-10-8-15(9-11-16)13-17-18(21)20(3)14(2)19-17/h8-11,13H,4-7,12H2,1-3H3/b17-13-. The topological polar surface area (TPSA) is 41.9 Å². The van der Waals surface area contributed by atoms with Gasteiger partial charge in [0.15, 0.2) is 0 Å². The summed E-state index contributed by atoms with van der Waals surface area (Å²) in [4.78, 5) is 17.8. The minimum atomic E-state index is -0.0613. The monoisotopic (exact) mass is 300 g/mol. The first-order chi connectivity index (χ1) is 10.6. The first kappa shape index (κ1) is 16.3. The van der Waals surface area contributed by atoms with Crippen LogP contribution >= 0.6 is 0 Å². The van der Waals surface area contributed by atoms with Crippen LogP contribution in [0.5, 0.6) is 5.75 Å². The highest BCUT2D eigenvalue weighted by Crippen LogP contribution is 2.19. The lowest BCUT2D eigenvalue weighted by molar-refractivity contribution is -0.121. The van der Waals surface area contributed by atoms with Gasteiger partial charge in [-0.25, -0.2) is 4.99 Å². The van der Waals surface area contributed by atoms with Crippen LogP contribution in [0.25, 0.3) is 6.08 Å². The van der Waals surface area contributed by atoms with E-state index in [-0.39, 0.29) is 5.91 Å². The molecular weight excluding hydrogens is 276 g/mol. The number of ether oxygens (including phenoxy) is 1. The summed E-state index contributed by atoms with van der Waals surface area (Å²) in [5.41, 5.74) is 1.43. The SMILES string of the molecule is CCCCCCOc1ccc(/C=C2\N=C(C)N(C)C2=O)cc1. The smallest absolute Gasteiger partial charge is 0.277 e. The third-order valence-corrected chi connectivity index (χ3v) is 3.74. The predicted octanol–water partition coefficient (Wildman–Crippen LogP) is 3.88. The van der Waals surface area contributed by atoms with Crippen molar-refractivity contribution in [3.8, 4) is 5.75 Å². The molecule has 1 amide bonds. The summed E-state index contributed by atoms with van der Waals surface area (Å²) in [5.74, 6) is 1.53. The molecule has 0 saturated carbocycles. The van der Waals surface area contributed by atoms with Crippen molar-refractivity contribution in [1.29, 1.82) is 0 Å². The number of nitrogens with zero attached hydrogens (tertiary/aromatic N) is 2. The Balaban J connectivity index is 1.91. The van der Waals surface area contributed by atoms with Crippen LogP contribution in [0.4, 0.5) is 0 Å². The molecule has 0 atom stereocenters. The third kappa shape index (κ3) is 4.20. The number of rotatable bonds is 7. The molecule has 1 aliphatic rings. The maximum absolute atomic E-state index is 11.9. The van der Waals surface area contributed by atoms with Crippen LogP contribution < -0.4 is 4.74 Å². The van der Waals surface area contributed by atoms with E-state index >= 15 is 0 Å². The Labute approximate surface area is 132 Å². The minimum absolute atomic E-state index is 0.0613. The number of amides is 1. The fourth-order valence-corrected chi connectivity index (χ4v) is 2.25. The Morgan fingerprint density at radius 1 is 1.18 bits per heavy atom. The van der Waals surface area contributed by atoms with E-state index in [2.05, 4.69) is 11.9 Å². The van der Waals surface area contributed by atoms with E-state index in [0.717, 1.165) is 30.2 Å². The number of amidine groups is 1. The molecule has 0 saturated heterocycles. The van der Waals surface area contributed by atoms with Crippen LogP contribution in [0.2, 0.25) is 0 Å². The van der Waals surface area contributed by atoms with Gasteiger partial charge in [0, 0.05) is 7.05 Å². The molecule has 1 heterocycles. The van der Waals surface area contributed by atoms with Gasteiger partial charge in [-0.15, -0.1) is 0 Å². The normalized spacial score (nSPS) is 16.3. The van der Waals surface area contributed by atoms with Crippen molar-refractivity contribution in [3.05, 3.63) is 35.5 Å². The summed E-state index contributed by atoms with van der Waals surface area (Å²) >= 11 is 0. The number of unbranched alkanes of at least 4 members (excludes halogenated alkanes) is 3. The lowest BCUT2D eigenvalue weighted by Gasteiger charge is -2.07. The summed E-state index contributed by atoms with van der Waals surface area (Å²) in [5, 5.41) is 0. The zero-order chi connectivity index (χ0) is 15.9. The lowest BCUT2D eigenvalue weighted by atomic mass is 10.2. The summed E-state index contributed by atoms with van der Waals surface area (Å²) in [6.07, 6.45) is 6.61. The molecule has 2 rings (SSSR count). The van der Waals surface area contributed by atoms with Gasteiger partial charge in [-0.1, -0.05) is 38.3 Å². The van der Waals surface area contributed by atoms with Crippen molar-refractivity contribution in [3.63, 3.8) is 0 Å². The molecule has 1 aliphatic heterocycles. The molecule has 0 radical (unpaired) electrons. The van der Waals surface area contributed by atoms with E-state index < -0.39 is 0 Å². The Morgan fingerprint density at radius 2 is 1.91 bits per heavy atom. The number of benzene rings is 1. The van der Waals surface area contributed by atoms with Gasteiger partial charge in [0.2, 0.25) is 0 Å². The van der Waals surface area contributed by atoms with Gasteiger partial charge in [0.25, 0.3) is 5.91 Å². The Hall–Kier alpha value is -2.10. The zero-order valence-electron chi connectivity index (χ0n) is 13.6. The average Bonchev–Trinajstić information content (AvgIpc) is 2.76. The molecule has 0 aliphatic carbocycles. The second kappa shape index (κ2) is 7.78. The van der Waals surface area contributed by atoms with Crippen LogP contribution in [0.3, 0.4) is 0 Å². The second-order valence-corrected chi connectivity index (χ2v) is 5.53. The minimum Gasteiger partial charge on any atom is -0.494 e. The molecule has 4 nitrogen and oxygen atoms in total. The van der Waals surface area contributed by atoms with Crippen molar-refractivity contribution in [2.45, 2.75) is 39.5 Å². The summed E-state index contributed by atoms with van der Waals surface area (Å²) in [6.45, 7) is 4.79. The van der Waals surface area contributed by atoms with E-state index in [9.17, 15) is 4.79 Å². The van der Waals surface area contributed by atoms with Gasteiger partial charge in [-0.3, -0.25) is 9.69 Å². The second-order valence-electron chi connectivity index (χ2n) is 5.53. The van der Waals surface area contributed by atoms with Gasteiger partial charge >= 0.3 is 0 Å². The predicted molar refractivity (Wildman–Crippen MR) is 89.9 cm³/mol. The van der Waals surface area contributed by atoms with E-state index in [1.54, 1.807) is 18.0 Å². The number of hydrogen-bond donors (Lipinski definition) is 0. The fraction of sp³-hybridized carbons (Fsp3) is 0.444. The van der Waals surface area contributed by atoms with E-state index in [1.807, 2.05) is 31.2 Å². The van der Waals surface area contributed by atoms with Crippen molar-refractivity contribution in [1.82, 2.24) is 4.90 Å². The molecular formula is C18H24N2O2. The highest BCUT2D eigenvalue weighted by atomic mass is 16.5. The molecule has 0 spiro atoms. The average molecular weight is 300 g/mol. The summed E-state index contributed by atoms with van der Waals surface area (Å²) in [7, 11) is 1.73. The lowest BCUT2D eigenvalue weighted by Crippen LogP contribution is -2.25. The van der Waals surface area contributed by atoms with Crippen LogP contribution in [0, 0.1) is 0 Å². The van der Waals surface area contributed by atoms with Crippen molar-refractivity contribution in [2.24, 2.45) is 4.99 Å².